The molecule has 1 rings (SSSR count). The minimum atomic E-state index is -1.12. The highest BCUT2D eigenvalue weighted by Gasteiger charge is 2.04. The van der Waals surface area contributed by atoms with E-state index >= 15 is 0 Å². The number of benzene rings is 1. The molecule has 0 radical (unpaired) electrons. The van der Waals surface area contributed by atoms with E-state index in [1.165, 1.54) is 19.2 Å². The second kappa shape index (κ2) is 5.99. The zero-order valence-electron chi connectivity index (χ0n) is 8.99. The molecule has 0 amide bonds. The fraction of sp³-hybridized carbons (Fsp3) is 0.182. The Labute approximate surface area is 97.8 Å². The lowest BCUT2D eigenvalue weighted by Crippen LogP contribution is -1.99. The van der Waals surface area contributed by atoms with Crippen molar-refractivity contribution in [2.45, 2.75) is 6.04 Å². The summed E-state index contributed by atoms with van der Waals surface area (Å²) in [7, 11) is 1.29. The quantitative estimate of drug-likeness (QED) is 0.583. The van der Waals surface area contributed by atoms with Gasteiger partial charge in [0.15, 0.2) is 0 Å². The first-order valence-electron chi connectivity index (χ1n) is 4.59. The maximum atomic E-state index is 11.1. The van der Waals surface area contributed by atoms with Gasteiger partial charge in [0.1, 0.15) is 12.1 Å². The number of ether oxygens (including phenoxy) is 1. The number of hydrogen-bond donors (Lipinski definition) is 0. The molecule has 0 bridgehead atoms. The number of azo groups is 1. The molecule has 0 atom stereocenters. The molecule has 1 aromatic rings. The van der Waals surface area contributed by atoms with Crippen LogP contribution in [0.4, 0.5) is 5.69 Å². The van der Waals surface area contributed by atoms with Gasteiger partial charge >= 0.3 is 5.97 Å². The molecule has 0 N–H and O–H groups in total. The Hall–Kier alpha value is -2.73. The minimum absolute atomic E-state index is 0.392. The molecule has 6 heteroatoms. The van der Waals surface area contributed by atoms with Gasteiger partial charge < -0.3 is 4.74 Å². The van der Waals surface area contributed by atoms with Crippen LogP contribution < -0.4 is 0 Å². The molecule has 0 saturated carbocycles. The standard InChI is InChI=1S/C11H8N4O2/c1-17-11(16)8-2-4-9(5-3-8)14-15-10(6-12)7-13/h2-5,10H,1H3. The van der Waals surface area contributed by atoms with Crippen LogP contribution in [0.1, 0.15) is 10.4 Å². The Morgan fingerprint density at radius 1 is 1.29 bits per heavy atom. The monoisotopic (exact) mass is 228 g/mol. The Morgan fingerprint density at radius 3 is 2.35 bits per heavy atom. The third kappa shape index (κ3) is 3.40. The van der Waals surface area contributed by atoms with Crippen molar-refractivity contribution in [3.05, 3.63) is 29.8 Å². The van der Waals surface area contributed by atoms with Gasteiger partial charge in [0.05, 0.1) is 18.4 Å². The van der Waals surface area contributed by atoms with Crippen LogP contribution in [0.5, 0.6) is 0 Å². The van der Waals surface area contributed by atoms with Crippen LogP contribution in [0, 0.1) is 22.7 Å². The maximum Gasteiger partial charge on any atom is 0.337 e. The van der Waals surface area contributed by atoms with Crippen molar-refractivity contribution in [2.75, 3.05) is 7.11 Å². The molecule has 0 fully saturated rings. The molecule has 0 unspecified atom stereocenters. The van der Waals surface area contributed by atoms with E-state index in [-0.39, 0.29) is 0 Å². The van der Waals surface area contributed by atoms with Gasteiger partial charge in [-0.3, -0.25) is 0 Å². The Balaban J connectivity index is 2.80. The molecule has 84 valence electrons. The second-order valence-corrected chi connectivity index (χ2v) is 2.91. The van der Waals surface area contributed by atoms with Gasteiger partial charge in [0, 0.05) is 0 Å². The third-order valence-corrected chi connectivity index (χ3v) is 1.82. The van der Waals surface area contributed by atoms with Crippen LogP contribution >= 0.6 is 0 Å². The van der Waals surface area contributed by atoms with Crippen molar-refractivity contribution < 1.29 is 9.53 Å². The molecular weight excluding hydrogens is 220 g/mol. The summed E-state index contributed by atoms with van der Waals surface area (Å²) >= 11 is 0. The van der Waals surface area contributed by atoms with Crippen molar-refractivity contribution in [3.8, 4) is 12.1 Å². The lowest BCUT2D eigenvalue weighted by Gasteiger charge is -1.98. The van der Waals surface area contributed by atoms with Gasteiger partial charge in [-0.2, -0.15) is 20.8 Å². The van der Waals surface area contributed by atoms with Gasteiger partial charge in [-0.15, -0.1) is 0 Å². The lowest BCUT2D eigenvalue weighted by molar-refractivity contribution is 0.0601. The SMILES string of the molecule is COC(=O)c1ccc(N=NC(C#N)C#N)cc1. The second-order valence-electron chi connectivity index (χ2n) is 2.91. The molecular formula is C11H8N4O2. The van der Waals surface area contributed by atoms with E-state index < -0.39 is 12.0 Å². The zero-order valence-corrected chi connectivity index (χ0v) is 8.99. The van der Waals surface area contributed by atoms with Crippen molar-refractivity contribution in [3.63, 3.8) is 0 Å². The summed E-state index contributed by atoms with van der Waals surface area (Å²) in [5.74, 6) is -0.444. The Kier molecular flexibility index (Phi) is 4.34. The molecule has 0 aliphatic rings. The number of nitriles is 2. The average molecular weight is 228 g/mol. The fourth-order valence-electron chi connectivity index (χ4n) is 0.987. The Morgan fingerprint density at radius 2 is 1.88 bits per heavy atom. The molecule has 0 aliphatic carbocycles. The third-order valence-electron chi connectivity index (χ3n) is 1.82. The number of methoxy groups -OCH3 is 1. The molecule has 0 spiro atoms. The van der Waals surface area contributed by atoms with Crippen LogP contribution in [0.3, 0.4) is 0 Å². The van der Waals surface area contributed by atoms with Crippen molar-refractivity contribution in [1.82, 2.24) is 0 Å². The lowest BCUT2D eigenvalue weighted by atomic mass is 10.2. The van der Waals surface area contributed by atoms with Crippen LogP contribution in [0.15, 0.2) is 34.5 Å². The number of rotatable bonds is 3. The van der Waals surface area contributed by atoms with Gasteiger partial charge in [-0.05, 0) is 24.3 Å². The van der Waals surface area contributed by atoms with Gasteiger partial charge in [-0.1, -0.05) is 0 Å². The highest BCUT2D eigenvalue weighted by molar-refractivity contribution is 5.89. The highest BCUT2D eigenvalue weighted by Crippen LogP contribution is 2.14. The molecule has 1 aromatic carbocycles. The van der Waals surface area contributed by atoms with Crippen molar-refractivity contribution in [1.29, 1.82) is 10.5 Å². The highest BCUT2D eigenvalue weighted by atomic mass is 16.5. The average Bonchev–Trinajstić information content (AvgIpc) is 2.39. The summed E-state index contributed by atoms with van der Waals surface area (Å²) in [6.07, 6.45) is 0. The van der Waals surface area contributed by atoms with Gasteiger partial charge in [0.2, 0.25) is 6.04 Å². The summed E-state index contributed by atoms with van der Waals surface area (Å²) in [6.45, 7) is 0. The van der Waals surface area contributed by atoms with E-state index in [1.807, 2.05) is 0 Å². The van der Waals surface area contributed by atoms with Gasteiger partial charge in [-0.25, -0.2) is 4.79 Å². The number of hydrogen-bond acceptors (Lipinski definition) is 6. The molecule has 0 aliphatic heterocycles. The fourth-order valence-corrected chi connectivity index (χ4v) is 0.987. The molecule has 0 saturated heterocycles. The first-order chi connectivity index (χ1) is 8.21. The molecule has 0 aromatic heterocycles. The Bertz CT molecular complexity index is 494. The summed E-state index contributed by atoms with van der Waals surface area (Å²) in [4.78, 5) is 11.1. The predicted molar refractivity (Wildman–Crippen MR) is 57.3 cm³/mol. The van der Waals surface area contributed by atoms with Crippen LogP contribution in [-0.2, 0) is 4.74 Å². The number of esters is 1. The molecule has 6 nitrogen and oxygen atoms in total. The van der Waals surface area contributed by atoms with Crippen LogP contribution in [0.2, 0.25) is 0 Å². The van der Waals surface area contributed by atoms with Crippen LogP contribution in [0.25, 0.3) is 0 Å². The smallest absolute Gasteiger partial charge is 0.337 e. The summed E-state index contributed by atoms with van der Waals surface area (Å²) in [5, 5.41) is 24.1. The topological polar surface area (TPSA) is 98.6 Å². The number of nitrogens with zero attached hydrogens (tertiary/aromatic N) is 4. The molecule has 17 heavy (non-hydrogen) atoms. The molecule has 0 heterocycles. The summed E-state index contributed by atoms with van der Waals surface area (Å²) in [5.41, 5.74) is 0.844. The zero-order chi connectivity index (χ0) is 12.7. The summed E-state index contributed by atoms with van der Waals surface area (Å²) in [6, 6.07) is 8.34. The van der Waals surface area contributed by atoms with E-state index in [1.54, 1.807) is 24.3 Å². The van der Waals surface area contributed by atoms with E-state index in [0.29, 0.717) is 11.3 Å². The van der Waals surface area contributed by atoms with E-state index in [4.69, 9.17) is 10.5 Å². The number of carbonyl (C=O) groups excluding carboxylic acids is 1. The minimum Gasteiger partial charge on any atom is -0.465 e. The predicted octanol–water partition coefficient (Wildman–Crippen LogP) is 1.97. The van der Waals surface area contributed by atoms with E-state index in [9.17, 15) is 4.79 Å². The van der Waals surface area contributed by atoms with Crippen molar-refractivity contribution in [2.24, 2.45) is 10.2 Å². The maximum absolute atomic E-state index is 11.1. The summed E-state index contributed by atoms with van der Waals surface area (Å²) < 4.78 is 4.53. The van der Waals surface area contributed by atoms with Gasteiger partial charge in [0.25, 0.3) is 0 Å². The van der Waals surface area contributed by atoms with E-state index in [2.05, 4.69) is 15.0 Å². The van der Waals surface area contributed by atoms with Crippen molar-refractivity contribution >= 4 is 11.7 Å². The largest absolute Gasteiger partial charge is 0.465 e. The number of carbonyl (C=O) groups is 1. The van der Waals surface area contributed by atoms with E-state index in [0.717, 1.165) is 0 Å². The van der Waals surface area contributed by atoms with Crippen LogP contribution in [-0.4, -0.2) is 19.1 Å². The normalized spacial score (nSPS) is 9.88. The first kappa shape index (κ1) is 12.3. The first-order valence-corrected chi connectivity index (χ1v) is 4.59.